The summed E-state index contributed by atoms with van der Waals surface area (Å²) in [6, 6.07) is 0. The summed E-state index contributed by atoms with van der Waals surface area (Å²) in [7, 11) is 0. The van der Waals surface area contributed by atoms with E-state index in [0.29, 0.717) is 11.7 Å². The molecular weight excluding hydrogens is 138 g/mol. The van der Waals surface area contributed by atoms with Gasteiger partial charge in [0.05, 0.1) is 0 Å². The molecule has 0 aromatic rings. The van der Waals surface area contributed by atoms with Crippen LogP contribution < -0.4 is 5.73 Å². The van der Waals surface area contributed by atoms with E-state index in [1.165, 1.54) is 0 Å². The first kappa shape index (κ1) is 8.72. The van der Waals surface area contributed by atoms with Gasteiger partial charge in [-0.15, -0.1) is 0 Å². The van der Waals surface area contributed by atoms with Crippen molar-refractivity contribution in [3.63, 3.8) is 0 Å². The summed E-state index contributed by atoms with van der Waals surface area (Å²) >= 11 is 0. The topological polar surface area (TPSA) is 43.1 Å². The highest BCUT2D eigenvalue weighted by molar-refractivity contribution is 5.82. The zero-order valence-corrected chi connectivity index (χ0v) is 7.01. The highest BCUT2D eigenvalue weighted by atomic mass is 16.1. The van der Waals surface area contributed by atoms with Crippen LogP contribution in [-0.4, -0.2) is 12.3 Å². The molecule has 0 bridgehead atoms. The van der Waals surface area contributed by atoms with Crippen LogP contribution in [0.25, 0.3) is 0 Å². The van der Waals surface area contributed by atoms with Gasteiger partial charge in [0.25, 0.3) is 0 Å². The molecule has 1 aliphatic rings. The van der Waals surface area contributed by atoms with Gasteiger partial charge >= 0.3 is 0 Å². The second-order valence-corrected chi connectivity index (χ2v) is 3.34. The lowest BCUT2D eigenvalue weighted by Gasteiger charge is -1.97. The number of carbonyl (C=O) groups excluding carboxylic acids is 1. The van der Waals surface area contributed by atoms with Crippen molar-refractivity contribution in [2.24, 2.45) is 11.7 Å². The summed E-state index contributed by atoms with van der Waals surface area (Å²) < 4.78 is 0. The molecule has 11 heavy (non-hydrogen) atoms. The summed E-state index contributed by atoms with van der Waals surface area (Å²) in [5.41, 5.74) is 5.33. The van der Waals surface area contributed by atoms with Crippen LogP contribution in [0.1, 0.15) is 38.5 Å². The molecular formula is C9H17NO. The summed E-state index contributed by atoms with van der Waals surface area (Å²) in [4.78, 5) is 11.1. The maximum atomic E-state index is 11.1. The predicted molar refractivity (Wildman–Crippen MR) is 45.3 cm³/mol. The minimum Gasteiger partial charge on any atom is -0.330 e. The van der Waals surface area contributed by atoms with Gasteiger partial charge in [-0.2, -0.15) is 0 Å². The van der Waals surface area contributed by atoms with Crippen LogP contribution in [-0.2, 0) is 4.79 Å². The Morgan fingerprint density at radius 3 is 2.55 bits per heavy atom. The Balaban J connectivity index is 1.89. The molecule has 0 saturated heterocycles. The average Bonchev–Trinajstić information content (AvgIpc) is 2.79. The van der Waals surface area contributed by atoms with Crippen LogP contribution in [0.2, 0.25) is 0 Å². The van der Waals surface area contributed by atoms with Gasteiger partial charge in [-0.05, 0) is 32.2 Å². The molecule has 0 unspecified atom stereocenters. The van der Waals surface area contributed by atoms with Crippen LogP contribution in [0.4, 0.5) is 0 Å². The normalized spacial score (nSPS) is 16.8. The van der Waals surface area contributed by atoms with Crippen LogP contribution in [0.15, 0.2) is 0 Å². The molecule has 0 atom stereocenters. The number of Topliss-reactive ketones (excluding diaryl/α,β-unsaturated/α-hetero) is 1. The molecule has 1 rings (SSSR count). The summed E-state index contributed by atoms with van der Waals surface area (Å²) in [5.74, 6) is 0.940. The van der Waals surface area contributed by atoms with Crippen molar-refractivity contribution < 1.29 is 4.79 Å². The fraction of sp³-hybridized carbons (Fsp3) is 0.889. The molecule has 64 valence electrons. The Hall–Kier alpha value is -0.370. The quantitative estimate of drug-likeness (QED) is 0.590. The maximum absolute atomic E-state index is 11.1. The van der Waals surface area contributed by atoms with Crippen molar-refractivity contribution in [1.29, 1.82) is 0 Å². The molecule has 0 aromatic heterocycles. The fourth-order valence-electron chi connectivity index (χ4n) is 1.23. The number of ketones is 1. The molecule has 1 aliphatic carbocycles. The van der Waals surface area contributed by atoms with Crippen molar-refractivity contribution in [3.05, 3.63) is 0 Å². The second kappa shape index (κ2) is 4.50. The van der Waals surface area contributed by atoms with E-state index in [9.17, 15) is 4.79 Å². The minimum absolute atomic E-state index is 0.452. The first-order chi connectivity index (χ1) is 5.34. The average molecular weight is 155 g/mol. The fourth-order valence-corrected chi connectivity index (χ4v) is 1.23. The van der Waals surface area contributed by atoms with E-state index in [2.05, 4.69) is 0 Å². The van der Waals surface area contributed by atoms with Gasteiger partial charge in [0.15, 0.2) is 0 Å². The number of hydrogen-bond donors (Lipinski definition) is 1. The summed E-state index contributed by atoms with van der Waals surface area (Å²) in [6.45, 7) is 0.762. The van der Waals surface area contributed by atoms with E-state index < -0.39 is 0 Å². The van der Waals surface area contributed by atoms with E-state index in [0.717, 1.165) is 45.1 Å². The number of hydrogen-bond acceptors (Lipinski definition) is 2. The minimum atomic E-state index is 0.452. The molecule has 2 nitrogen and oxygen atoms in total. The summed E-state index contributed by atoms with van der Waals surface area (Å²) in [6.07, 6.45) is 6.33. The van der Waals surface area contributed by atoms with Crippen molar-refractivity contribution in [2.75, 3.05) is 6.54 Å². The van der Waals surface area contributed by atoms with Gasteiger partial charge in [-0.3, -0.25) is 4.79 Å². The molecule has 0 aliphatic heterocycles. The third-order valence-electron chi connectivity index (χ3n) is 2.16. The van der Waals surface area contributed by atoms with Crippen LogP contribution in [0.5, 0.6) is 0 Å². The molecule has 0 amide bonds. The van der Waals surface area contributed by atoms with Gasteiger partial charge in [-0.25, -0.2) is 0 Å². The van der Waals surface area contributed by atoms with E-state index in [1.807, 2.05) is 0 Å². The molecule has 0 heterocycles. The molecule has 0 spiro atoms. The van der Waals surface area contributed by atoms with Crippen molar-refractivity contribution >= 4 is 5.78 Å². The Labute approximate surface area is 68.2 Å². The van der Waals surface area contributed by atoms with Gasteiger partial charge in [0.2, 0.25) is 0 Å². The Kier molecular flexibility index (Phi) is 3.57. The van der Waals surface area contributed by atoms with Gasteiger partial charge < -0.3 is 5.73 Å². The third kappa shape index (κ3) is 3.51. The smallest absolute Gasteiger partial charge is 0.135 e. The standard InChI is InChI=1S/C9H17NO/c10-7-3-1-2-4-9(11)8-5-6-8/h8H,1-7,10H2. The number of carbonyl (C=O) groups is 1. The van der Waals surface area contributed by atoms with Gasteiger partial charge in [0, 0.05) is 12.3 Å². The Bertz CT molecular complexity index is 130. The molecule has 0 aromatic carbocycles. The zero-order chi connectivity index (χ0) is 8.10. The number of rotatable bonds is 6. The van der Waals surface area contributed by atoms with E-state index >= 15 is 0 Å². The van der Waals surface area contributed by atoms with Crippen molar-refractivity contribution in [2.45, 2.75) is 38.5 Å². The molecule has 1 fully saturated rings. The van der Waals surface area contributed by atoms with Crippen molar-refractivity contribution in [1.82, 2.24) is 0 Å². The largest absolute Gasteiger partial charge is 0.330 e. The van der Waals surface area contributed by atoms with Gasteiger partial charge in [0.1, 0.15) is 5.78 Å². The van der Waals surface area contributed by atoms with Gasteiger partial charge in [-0.1, -0.05) is 6.42 Å². The summed E-state index contributed by atoms with van der Waals surface area (Å²) in [5, 5.41) is 0. The lowest BCUT2D eigenvalue weighted by atomic mass is 10.1. The number of unbranched alkanes of at least 4 members (excludes halogenated alkanes) is 2. The van der Waals surface area contributed by atoms with E-state index in [-0.39, 0.29) is 0 Å². The highest BCUT2D eigenvalue weighted by Gasteiger charge is 2.28. The van der Waals surface area contributed by atoms with E-state index in [4.69, 9.17) is 5.73 Å². The SMILES string of the molecule is NCCCCCC(=O)C1CC1. The zero-order valence-electron chi connectivity index (χ0n) is 7.01. The monoisotopic (exact) mass is 155 g/mol. The highest BCUT2D eigenvalue weighted by Crippen LogP contribution is 2.31. The first-order valence-corrected chi connectivity index (χ1v) is 4.57. The molecule has 1 saturated carbocycles. The van der Waals surface area contributed by atoms with Crippen molar-refractivity contribution in [3.8, 4) is 0 Å². The third-order valence-corrected chi connectivity index (χ3v) is 2.16. The second-order valence-electron chi connectivity index (χ2n) is 3.34. The number of nitrogens with two attached hydrogens (primary N) is 1. The van der Waals surface area contributed by atoms with Crippen LogP contribution in [0, 0.1) is 5.92 Å². The first-order valence-electron chi connectivity index (χ1n) is 4.57. The molecule has 2 heteroatoms. The maximum Gasteiger partial charge on any atom is 0.135 e. The lowest BCUT2D eigenvalue weighted by Crippen LogP contribution is -2.01. The van der Waals surface area contributed by atoms with E-state index in [1.54, 1.807) is 0 Å². The lowest BCUT2D eigenvalue weighted by molar-refractivity contribution is -0.120. The van der Waals surface area contributed by atoms with Crippen LogP contribution >= 0.6 is 0 Å². The molecule has 2 N–H and O–H groups in total. The Morgan fingerprint density at radius 1 is 1.27 bits per heavy atom. The molecule has 0 radical (unpaired) electrons. The van der Waals surface area contributed by atoms with Crippen LogP contribution in [0.3, 0.4) is 0 Å². The Morgan fingerprint density at radius 2 is 2.00 bits per heavy atom. The predicted octanol–water partition coefficient (Wildman–Crippen LogP) is 1.48.